The summed E-state index contributed by atoms with van der Waals surface area (Å²) in [5, 5.41) is 6.69. The summed E-state index contributed by atoms with van der Waals surface area (Å²) in [4.78, 5) is 8.88. The van der Waals surface area contributed by atoms with Crippen molar-refractivity contribution in [1.29, 1.82) is 0 Å². The summed E-state index contributed by atoms with van der Waals surface area (Å²) in [7, 11) is 1.65. The minimum atomic E-state index is 0.506. The second-order valence-electron chi connectivity index (χ2n) is 6.50. The Morgan fingerprint density at radius 2 is 1.59 bits per heavy atom. The molecule has 0 aliphatic carbocycles. The Hall–Kier alpha value is -3.28. The lowest BCUT2D eigenvalue weighted by molar-refractivity contribution is 0.331. The first-order chi connectivity index (χ1) is 14.2. The molecule has 1 aromatic heterocycles. The van der Waals surface area contributed by atoms with Crippen LogP contribution in [0.1, 0.15) is 25.0 Å². The van der Waals surface area contributed by atoms with E-state index in [4.69, 9.17) is 9.47 Å². The van der Waals surface area contributed by atoms with Crippen molar-refractivity contribution in [3.05, 3.63) is 65.9 Å². The molecule has 0 atom stereocenters. The maximum atomic E-state index is 5.72. The molecule has 152 valence electrons. The largest absolute Gasteiger partial charge is 0.497 e. The molecule has 0 spiro atoms. The minimum absolute atomic E-state index is 0.506. The third-order valence-electron chi connectivity index (χ3n) is 4.62. The van der Waals surface area contributed by atoms with Gasteiger partial charge in [0.25, 0.3) is 0 Å². The van der Waals surface area contributed by atoms with Gasteiger partial charge in [0.15, 0.2) is 0 Å². The predicted molar refractivity (Wildman–Crippen MR) is 117 cm³/mol. The van der Waals surface area contributed by atoms with Gasteiger partial charge in [0, 0.05) is 11.9 Å². The molecule has 0 radical (unpaired) electrons. The number of nitrogens with one attached hydrogen (secondary N) is 2. The third-order valence-corrected chi connectivity index (χ3v) is 4.62. The lowest BCUT2D eigenvalue weighted by Gasteiger charge is -2.15. The van der Waals surface area contributed by atoms with Crippen LogP contribution in [-0.2, 0) is 12.8 Å². The number of methoxy groups -OCH3 is 1. The molecule has 0 aliphatic rings. The fraction of sp³-hybridized carbons (Fsp3) is 0.304. The molecular formula is C23H28N4O2. The van der Waals surface area contributed by atoms with Crippen molar-refractivity contribution in [2.75, 3.05) is 30.9 Å². The summed E-state index contributed by atoms with van der Waals surface area (Å²) in [6.45, 7) is 5.43. The number of hydrogen-bond donors (Lipinski definition) is 2. The molecule has 0 saturated carbocycles. The maximum Gasteiger partial charge on any atom is 0.224 e. The van der Waals surface area contributed by atoms with Crippen molar-refractivity contribution in [1.82, 2.24) is 9.97 Å². The highest BCUT2D eigenvalue weighted by Gasteiger charge is 2.08. The molecule has 0 amide bonds. The van der Waals surface area contributed by atoms with Crippen LogP contribution in [0.2, 0.25) is 0 Å². The van der Waals surface area contributed by atoms with Gasteiger partial charge in [-0.15, -0.1) is 0 Å². The highest BCUT2D eigenvalue weighted by atomic mass is 16.5. The van der Waals surface area contributed by atoms with Crippen molar-refractivity contribution in [3.63, 3.8) is 0 Å². The predicted octanol–water partition coefficient (Wildman–Crippen LogP) is 4.84. The molecule has 29 heavy (non-hydrogen) atoms. The van der Waals surface area contributed by atoms with Crippen LogP contribution in [0.4, 0.5) is 17.5 Å². The highest BCUT2D eigenvalue weighted by molar-refractivity contribution is 5.65. The van der Waals surface area contributed by atoms with Crippen LogP contribution in [0.15, 0.2) is 54.7 Å². The summed E-state index contributed by atoms with van der Waals surface area (Å²) in [6, 6.07) is 15.8. The molecule has 1 heterocycles. The van der Waals surface area contributed by atoms with E-state index in [1.165, 1.54) is 11.1 Å². The van der Waals surface area contributed by atoms with Gasteiger partial charge in [0.1, 0.15) is 23.9 Å². The van der Waals surface area contributed by atoms with Gasteiger partial charge in [-0.2, -0.15) is 4.98 Å². The van der Waals surface area contributed by atoms with Gasteiger partial charge in [-0.05, 0) is 54.3 Å². The number of nitrogens with zero attached hydrogens (tertiary/aromatic N) is 2. The number of hydrogen-bond acceptors (Lipinski definition) is 6. The molecule has 6 heteroatoms. The van der Waals surface area contributed by atoms with Gasteiger partial charge in [0.05, 0.1) is 13.7 Å². The number of rotatable bonds is 10. The Bertz CT molecular complexity index is 891. The molecular weight excluding hydrogens is 364 g/mol. The Morgan fingerprint density at radius 1 is 0.897 bits per heavy atom. The zero-order valence-corrected chi connectivity index (χ0v) is 17.2. The van der Waals surface area contributed by atoms with Crippen LogP contribution in [0.3, 0.4) is 0 Å². The van der Waals surface area contributed by atoms with Crippen molar-refractivity contribution in [2.45, 2.75) is 26.7 Å². The van der Waals surface area contributed by atoms with Crippen LogP contribution < -0.4 is 20.1 Å². The number of ether oxygens (including phenoxy) is 2. The Labute approximate surface area is 172 Å². The molecule has 3 aromatic rings. The quantitative estimate of drug-likeness (QED) is 0.481. The fourth-order valence-corrected chi connectivity index (χ4v) is 3.05. The highest BCUT2D eigenvalue weighted by Crippen LogP contribution is 2.26. The van der Waals surface area contributed by atoms with E-state index in [-0.39, 0.29) is 0 Å². The topological polar surface area (TPSA) is 68.3 Å². The number of para-hydroxylation sites is 1. The van der Waals surface area contributed by atoms with Gasteiger partial charge < -0.3 is 20.1 Å². The van der Waals surface area contributed by atoms with E-state index in [1.54, 1.807) is 13.3 Å². The molecule has 0 unspecified atom stereocenters. The van der Waals surface area contributed by atoms with Crippen LogP contribution in [-0.4, -0.2) is 30.2 Å². The van der Waals surface area contributed by atoms with E-state index in [0.717, 1.165) is 35.8 Å². The minimum Gasteiger partial charge on any atom is -0.497 e. The zero-order chi connectivity index (χ0) is 20.5. The van der Waals surface area contributed by atoms with Crippen molar-refractivity contribution in [3.8, 4) is 11.5 Å². The van der Waals surface area contributed by atoms with Gasteiger partial charge in [-0.25, -0.2) is 4.98 Å². The summed E-state index contributed by atoms with van der Waals surface area (Å²) in [6.07, 6.45) is 3.69. The lowest BCUT2D eigenvalue weighted by atomic mass is 10.0. The summed E-state index contributed by atoms with van der Waals surface area (Å²) in [5.74, 6) is 2.95. The van der Waals surface area contributed by atoms with Crippen LogP contribution in [0.25, 0.3) is 0 Å². The molecule has 0 bridgehead atoms. The average Bonchev–Trinajstić information content (AvgIpc) is 2.77. The zero-order valence-electron chi connectivity index (χ0n) is 17.2. The maximum absolute atomic E-state index is 5.72. The van der Waals surface area contributed by atoms with E-state index in [0.29, 0.717) is 19.1 Å². The molecule has 6 nitrogen and oxygen atoms in total. The Balaban J connectivity index is 1.57. The second kappa shape index (κ2) is 10.3. The smallest absolute Gasteiger partial charge is 0.224 e. The molecule has 0 saturated heterocycles. The molecule has 0 fully saturated rings. The van der Waals surface area contributed by atoms with Gasteiger partial charge in [-0.3, -0.25) is 0 Å². The SMILES string of the molecule is CCc1cccc(CC)c1Nc1ccnc(NCCOc2ccc(OC)cc2)n1. The number of aryl methyl sites for hydroxylation is 2. The summed E-state index contributed by atoms with van der Waals surface area (Å²) >= 11 is 0. The summed E-state index contributed by atoms with van der Waals surface area (Å²) < 4.78 is 10.9. The van der Waals surface area contributed by atoms with Gasteiger partial charge in [0.2, 0.25) is 5.95 Å². The standard InChI is InChI=1S/C23H28N4O2/c1-4-17-7-6-8-18(5-2)22(17)26-21-13-14-24-23(27-21)25-15-16-29-20-11-9-19(28-3)10-12-20/h6-14H,4-5,15-16H2,1-3H3,(H2,24,25,26,27). The average molecular weight is 393 g/mol. The number of benzene rings is 2. The lowest BCUT2D eigenvalue weighted by Crippen LogP contribution is -2.13. The van der Waals surface area contributed by atoms with Gasteiger partial charge >= 0.3 is 0 Å². The van der Waals surface area contributed by atoms with Crippen LogP contribution >= 0.6 is 0 Å². The molecule has 2 aromatic carbocycles. The van der Waals surface area contributed by atoms with Crippen LogP contribution in [0.5, 0.6) is 11.5 Å². The number of aromatic nitrogens is 2. The monoisotopic (exact) mass is 392 g/mol. The first kappa shape index (κ1) is 20.5. The number of anilines is 3. The molecule has 0 aliphatic heterocycles. The van der Waals surface area contributed by atoms with E-state index < -0.39 is 0 Å². The molecule has 2 N–H and O–H groups in total. The van der Waals surface area contributed by atoms with Crippen molar-refractivity contribution in [2.24, 2.45) is 0 Å². The molecule has 3 rings (SSSR count). The van der Waals surface area contributed by atoms with Crippen molar-refractivity contribution < 1.29 is 9.47 Å². The van der Waals surface area contributed by atoms with E-state index in [1.807, 2.05) is 30.3 Å². The third kappa shape index (κ3) is 5.60. The normalized spacial score (nSPS) is 10.4. The van der Waals surface area contributed by atoms with E-state index in [2.05, 4.69) is 52.6 Å². The van der Waals surface area contributed by atoms with Crippen molar-refractivity contribution >= 4 is 17.5 Å². The Kier molecular flexibility index (Phi) is 7.28. The first-order valence-corrected chi connectivity index (χ1v) is 9.95. The summed E-state index contributed by atoms with van der Waals surface area (Å²) in [5.41, 5.74) is 3.71. The first-order valence-electron chi connectivity index (χ1n) is 9.95. The fourth-order valence-electron chi connectivity index (χ4n) is 3.05. The van der Waals surface area contributed by atoms with E-state index in [9.17, 15) is 0 Å². The van der Waals surface area contributed by atoms with E-state index >= 15 is 0 Å². The second-order valence-corrected chi connectivity index (χ2v) is 6.50. The Morgan fingerprint density at radius 3 is 2.24 bits per heavy atom. The van der Waals surface area contributed by atoms with Crippen LogP contribution in [0, 0.1) is 0 Å². The van der Waals surface area contributed by atoms with Gasteiger partial charge in [-0.1, -0.05) is 32.0 Å².